The van der Waals surface area contributed by atoms with Crippen LogP contribution in [0.2, 0.25) is 0 Å². The number of carboxylic acids is 1. The van der Waals surface area contributed by atoms with Gasteiger partial charge in [-0.2, -0.15) is 11.8 Å². The van der Waals surface area contributed by atoms with Gasteiger partial charge in [-0.05, 0) is 49.1 Å². The number of alkyl carbamates (subject to hydrolysis) is 1. The Bertz CT molecular complexity index is 1140. The first-order chi connectivity index (χ1) is 16.7. The smallest absolute Gasteiger partial charge is 0.408 e. The third kappa shape index (κ3) is 7.79. The van der Waals surface area contributed by atoms with Crippen LogP contribution >= 0.6 is 11.8 Å². The molecule has 1 atom stereocenters. The fourth-order valence-corrected chi connectivity index (χ4v) is 4.45. The summed E-state index contributed by atoms with van der Waals surface area (Å²) in [7, 11) is 1.64. The van der Waals surface area contributed by atoms with E-state index in [0.29, 0.717) is 5.75 Å². The lowest BCUT2D eigenvalue weighted by molar-refractivity contribution is -0.138. The van der Waals surface area contributed by atoms with Crippen LogP contribution in [0.1, 0.15) is 26.3 Å². The molecule has 1 unspecified atom stereocenters. The Kier molecular flexibility index (Phi) is 8.82. The van der Waals surface area contributed by atoms with Gasteiger partial charge in [0.15, 0.2) is 0 Å². The average Bonchev–Trinajstić information content (AvgIpc) is 2.82. The van der Waals surface area contributed by atoms with Crippen LogP contribution < -0.4 is 10.1 Å². The maximum atomic E-state index is 11.9. The van der Waals surface area contributed by atoms with Crippen LogP contribution in [0.5, 0.6) is 5.75 Å². The highest BCUT2D eigenvalue weighted by molar-refractivity contribution is 7.98. The minimum atomic E-state index is -1.10. The summed E-state index contributed by atoms with van der Waals surface area (Å²) in [6.45, 7) is 5.18. The van der Waals surface area contributed by atoms with E-state index in [0.717, 1.165) is 28.0 Å². The molecule has 2 N–H and O–H groups in total. The van der Waals surface area contributed by atoms with E-state index < -0.39 is 23.7 Å². The van der Waals surface area contributed by atoms with Crippen LogP contribution in [-0.2, 0) is 15.3 Å². The van der Waals surface area contributed by atoms with Crippen molar-refractivity contribution in [3.8, 4) is 28.0 Å². The zero-order valence-electron chi connectivity index (χ0n) is 20.4. The monoisotopic (exact) mass is 493 g/mol. The number of carboxylic acid groups (broad SMARTS) is 1. The van der Waals surface area contributed by atoms with Crippen molar-refractivity contribution in [3.05, 3.63) is 78.4 Å². The molecule has 6 nitrogen and oxygen atoms in total. The molecule has 0 aliphatic rings. The molecule has 7 heteroatoms. The molecule has 1 amide bonds. The SMILES string of the molecule is COc1cc(CSCC(NC(=O)OC(C)(C)C)C(=O)O)ccc1-c1ccc(-c2ccccc2)cc1. The second-order valence-electron chi connectivity index (χ2n) is 9.03. The van der Waals surface area contributed by atoms with Crippen LogP contribution in [-0.4, -0.2) is 41.7 Å². The Balaban J connectivity index is 1.64. The molecule has 3 rings (SSSR count). The van der Waals surface area contributed by atoms with E-state index in [9.17, 15) is 14.7 Å². The highest BCUT2D eigenvalue weighted by Crippen LogP contribution is 2.33. The average molecular weight is 494 g/mol. The third-order valence-electron chi connectivity index (χ3n) is 5.11. The number of hydrogen-bond acceptors (Lipinski definition) is 5. The van der Waals surface area contributed by atoms with Crippen molar-refractivity contribution < 1.29 is 24.2 Å². The van der Waals surface area contributed by atoms with Crippen molar-refractivity contribution in [2.75, 3.05) is 12.9 Å². The number of hydrogen-bond donors (Lipinski definition) is 2. The lowest BCUT2D eigenvalue weighted by Crippen LogP contribution is -2.44. The van der Waals surface area contributed by atoms with Crippen LogP contribution in [0.3, 0.4) is 0 Å². The normalized spacial score (nSPS) is 12.0. The van der Waals surface area contributed by atoms with Gasteiger partial charge in [0.1, 0.15) is 17.4 Å². The first-order valence-corrected chi connectivity index (χ1v) is 12.4. The number of thioether (sulfide) groups is 1. The van der Waals surface area contributed by atoms with E-state index in [-0.39, 0.29) is 5.75 Å². The van der Waals surface area contributed by atoms with Crippen molar-refractivity contribution in [1.82, 2.24) is 5.32 Å². The van der Waals surface area contributed by atoms with Crippen LogP contribution in [0.25, 0.3) is 22.3 Å². The maximum Gasteiger partial charge on any atom is 0.408 e. The molecular weight excluding hydrogens is 462 g/mol. The molecule has 0 aromatic heterocycles. The van der Waals surface area contributed by atoms with Gasteiger partial charge in [0, 0.05) is 17.1 Å². The lowest BCUT2D eigenvalue weighted by atomic mass is 9.99. The number of nitrogens with one attached hydrogen (secondary N) is 1. The van der Waals surface area contributed by atoms with Gasteiger partial charge in [-0.15, -0.1) is 0 Å². The first-order valence-electron chi connectivity index (χ1n) is 11.3. The Hall–Kier alpha value is -3.45. The van der Waals surface area contributed by atoms with Crippen molar-refractivity contribution in [2.24, 2.45) is 0 Å². The number of aliphatic carboxylic acids is 1. The topological polar surface area (TPSA) is 84.9 Å². The van der Waals surface area contributed by atoms with Gasteiger partial charge in [0.25, 0.3) is 0 Å². The second-order valence-corrected chi connectivity index (χ2v) is 10.1. The van der Waals surface area contributed by atoms with Crippen LogP contribution in [0.4, 0.5) is 4.79 Å². The predicted molar refractivity (Wildman–Crippen MR) is 141 cm³/mol. The molecule has 3 aromatic rings. The fraction of sp³-hybridized carbons (Fsp3) is 0.286. The number of carbonyl (C=O) groups excluding carboxylic acids is 1. The van der Waals surface area contributed by atoms with Crippen LogP contribution in [0, 0.1) is 0 Å². The summed E-state index contributed by atoms with van der Waals surface area (Å²) < 4.78 is 10.8. The molecule has 0 radical (unpaired) electrons. The van der Waals surface area contributed by atoms with E-state index in [1.807, 2.05) is 36.4 Å². The molecule has 0 aliphatic carbocycles. The Labute approximate surface area is 210 Å². The van der Waals surface area contributed by atoms with Gasteiger partial charge in [-0.25, -0.2) is 9.59 Å². The summed E-state index contributed by atoms with van der Waals surface area (Å²) in [4.78, 5) is 23.5. The van der Waals surface area contributed by atoms with E-state index in [4.69, 9.17) is 9.47 Å². The second kappa shape index (κ2) is 11.8. The van der Waals surface area contributed by atoms with Crippen molar-refractivity contribution in [1.29, 1.82) is 0 Å². The standard InChI is InChI=1S/C28H31NO5S/c1-28(2,3)34-27(32)29-24(26(30)31)18-35-17-19-10-15-23(25(16-19)33-4)22-13-11-21(12-14-22)20-8-6-5-7-9-20/h5-16,24H,17-18H2,1-4H3,(H,29,32)(H,30,31). The minimum absolute atomic E-state index is 0.208. The van der Waals surface area contributed by atoms with Gasteiger partial charge >= 0.3 is 12.1 Å². The third-order valence-corrected chi connectivity index (χ3v) is 6.22. The molecule has 0 spiro atoms. The van der Waals surface area contributed by atoms with Gasteiger partial charge in [-0.3, -0.25) is 0 Å². The zero-order valence-corrected chi connectivity index (χ0v) is 21.2. The number of ether oxygens (including phenoxy) is 2. The van der Waals surface area contributed by atoms with Crippen LogP contribution in [0.15, 0.2) is 72.8 Å². The summed E-state index contributed by atoms with van der Waals surface area (Å²) in [6, 6.07) is 23.5. The fourth-order valence-electron chi connectivity index (χ4n) is 3.46. The van der Waals surface area contributed by atoms with Crippen molar-refractivity contribution in [2.45, 2.75) is 38.2 Å². The molecule has 184 valence electrons. The molecule has 0 saturated heterocycles. The quantitative estimate of drug-likeness (QED) is 0.367. The number of methoxy groups -OCH3 is 1. The van der Waals surface area contributed by atoms with E-state index >= 15 is 0 Å². The molecule has 35 heavy (non-hydrogen) atoms. The molecule has 0 bridgehead atoms. The largest absolute Gasteiger partial charge is 0.496 e. The Morgan fingerprint density at radius 3 is 2.17 bits per heavy atom. The van der Waals surface area contributed by atoms with Gasteiger partial charge in [0.2, 0.25) is 0 Å². The van der Waals surface area contributed by atoms with E-state index in [2.05, 4.69) is 41.7 Å². The van der Waals surface area contributed by atoms with Gasteiger partial charge in [0.05, 0.1) is 7.11 Å². The van der Waals surface area contributed by atoms with Crippen molar-refractivity contribution in [3.63, 3.8) is 0 Å². The predicted octanol–water partition coefficient (Wildman–Crippen LogP) is 6.24. The molecule has 0 saturated carbocycles. The van der Waals surface area contributed by atoms with Gasteiger partial charge in [-0.1, -0.05) is 66.7 Å². The highest BCUT2D eigenvalue weighted by atomic mass is 32.2. The van der Waals surface area contributed by atoms with Crippen molar-refractivity contribution >= 4 is 23.8 Å². The number of benzene rings is 3. The highest BCUT2D eigenvalue weighted by Gasteiger charge is 2.24. The lowest BCUT2D eigenvalue weighted by Gasteiger charge is -2.21. The first kappa shape index (κ1) is 26.2. The summed E-state index contributed by atoms with van der Waals surface area (Å²) in [5.74, 6) is 0.427. The van der Waals surface area contributed by atoms with Gasteiger partial charge < -0.3 is 19.9 Å². The zero-order chi connectivity index (χ0) is 25.4. The molecule has 0 aliphatic heterocycles. The minimum Gasteiger partial charge on any atom is -0.496 e. The number of carbonyl (C=O) groups is 2. The molecule has 0 heterocycles. The summed E-state index contributed by atoms with van der Waals surface area (Å²) in [5.41, 5.74) is 4.65. The van der Waals surface area contributed by atoms with E-state index in [1.54, 1.807) is 27.9 Å². The Morgan fingerprint density at radius 2 is 1.57 bits per heavy atom. The summed E-state index contributed by atoms with van der Waals surface area (Å²) in [5, 5.41) is 11.9. The number of amides is 1. The number of rotatable bonds is 9. The molecular formula is C28H31NO5S. The summed E-state index contributed by atoms with van der Waals surface area (Å²) in [6.07, 6.45) is -0.741. The summed E-state index contributed by atoms with van der Waals surface area (Å²) >= 11 is 1.42. The maximum absolute atomic E-state index is 11.9. The molecule has 3 aromatic carbocycles. The molecule has 0 fully saturated rings. The Morgan fingerprint density at radius 1 is 0.943 bits per heavy atom. The van der Waals surface area contributed by atoms with E-state index in [1.165, 1.54) is 17.3 Å².